The van der Waals surface area contributed by atoms with Crippen LogP contribution in [0.5, 0.6) is 0 Å². The van der Waals surface area contributed by atoms with Crippen molar-refractivity contribution in [3.05, 3.63) is 47.2 Å². The van der Waals surface area contributed by atoms with Gasteiger partial charge in [0.15, 0.2) is 5.82 Å². The number of benzene rings is 1. The summed E-state index contributed by atoms with van der Waals surface area (Å²) in [5.41, 5.74) is 3.53. The number of H-pyrrole nitrogens is 1. The van der Waals surface area contributed by atoms with Crippen LogP contribution in [0.3, 0.4) is 0 Å². The fourth-order valence-corrected chi connectivity index (χ4v) is 2.84. The topological polar surface area (TPSA) is 73.0 Å². The Bertz CT molecular complexity index is 652. The van der Waals surface area contributed by atoms with E-state index in [9.17, 15) is 4.79 Å². The molecule has 1 aromatic heterocycles. The van der Waals surface area contributed by atoms with Crippen LogP contribution in [0.25, 0.3) is 0 Å². The molecule has 0 saturated heterocycles. The molecule has 0 aliphatic carbocycles. The lowest BCUT2D eigenvalue weighted by molar-refractivity contribution is 0.242. The van der Waals surface area contributed by atoms with Crippen LogP contribution in [0, 0.1) is 0 Å². The average Bonchev–Trinajstić information content (AvgIpc) is 2.96. The van der Waals surface area contributed by atoms with Crippen molar-refractivity contribution in [3.8, 4) is 0 Å². The van der Waals surface area contributed by atoms with Crippen molar-refractivity contribution in [1.82, 2.24) is 20.4 Å². The molecule has 6 heteroatoms. The van der Waals surface area contributed by atoms with E-state index < -0.39 is 0 Å². The van der Waals surface area contributed by atoms with E-state index in [1.54, 1.807) is 0 Å². The van der Waals surface area contributed by atoms with E-state index in [1.165, 1.54) is 5.56 Å². The van der Waals surface area contributed by atoms with Crippen LogP contribution in [0.15, 0.2) is 30.3 Å². The highest BCUT2D eigenvalue weighted by atomic mass is 16.2. The number of carbonyl (C=O) groups excluding carboxylic acids is 1. The largest absolute Gasteiger partial charge is 0.338 e. The lowest BCUT2D eigenvalue weighted by Gasteiger charge is -2.26. The summed E-state index contributed by atoms with van der Waals surface area (Å²) in [6, 6.07) is 10.3. The van der Waals surface area contributed by atoms with E-state index >= 15 is 0 Å². The van der Waals surface area contributed by atoms with Gasteiger partial charge in [0, 0.05) is 31.7 Å². The molecule has 6 nitrogen and oxygen atoms in total. The van der Waals surface area contributed by atoms with E-state index in [-0.39, 0.29) is 6.03 Å². The number of rotatable bonds is 5. The molecule has 0 bridgehead atoms. The molecule has 0 radical (unpaired) electrons. The minimum atomic E-state index is -0.187. The first kappa shape index (κ1) is 15.6. The molecule has 1 aliphatic heterocycles. The summed E-state index contributed by atoms with van der Waals surface area (Å²) in [5.74, 6) is 0.660. The number of urea groups is 1. The lowest BCUT2D eigenvalue weighted by Crippen LogP contribution is -2.32. The van der Waals surface area contributed by atoms with Gasteiger partial charge in [-0.3, -0.25) is 15.3 Å². The van der Waals surface area contributed by atoms with Crippen molar-refractivity contribution in [2.24, 2.45) is 0 Å². The van der Waals surface area contributed by atoms with Gasteiger partial charge < -0.3 is 5.32 Å². The molecule has 0 fully saturated rings. The van der Waals surface area contributed by atoms with Crippen molar-refractivity contribution < 1.29 is 4.79 Å². The molecule has 0 atom stereocenters. The number of hydrogen-bond acceptors (Lipinski definition) is 3. The average molecular weight is 313 g/mol. The standard InChI is InChI=1S/C17H23N5O/c1-2-9-18-17(23)19-16-14-8-10-22(12-15(14)20-21-16)11-13-6-4-3-5-7-13/h3-7H,2,8-12H2,1H3,(H3,18,19,20,21,23). The van der Waals surface area contributed by atoms with Gasteiger partial charge in [0.05, 0.1) is 5.69 Å². The number of nitrogens with zero attached hydrogens (tertiary/aromatic N) is 2. The quantitative estimate of drug-likeness (QED) is 0.794. The Morgan fingerprint density at radius 3 is 2.96 bits per heavy atom. The lowest BCUT2D eigenvalue weighted by atomic mass is 10.1. The van der Waals surface area contributed by atoms with Gasteiger partial charge in [-0.15, -0.1) is 0 Å². The Kier molecular flexibility index (Phi) is 4.92. The normalized spacial score (nSPS) is 14.3. The van der Waals surface area contributed by atoms with E-state index in [1.807, 2.05) is 13.0 Å². The summed E-state index contributed by atoms with van der Waals surface area (Å²) in [6.07, 6.45) is 1.81. The number of carbonyl (C=O) groups is 1. The molecule has 1 aliphatic rings. The van der Waals surface area contributed by atoms with E-state index in [0.717, 1.165) is 43.7 Å². The highest BCUT2D eigenvalue weighted by molar-refractivity contribution is 5.89. The van der Waals surface area contributed by atoms with Crippen LogP contribution in [-0.4, -0.2) is 34.2 Å². The monoisotopic (exact) mass is 313 g/mol. The fraction of sp³-hybridized carbons (Fsp3) is 0.412. The second-order valence-electron chi connectivity index (χ2n) is 5.86. The summed E-state index contributed by atoms with van der Waals surface area (Å²) in [6.45, 7) is 5.42. The van der Waals surface area contributed by atoms with Crippen LogP contribution >= 0.6 is 0 Å². The maximum atomic E-state index is 11.8. The smallest absolute Gasteiger partial charge is 0.320 e. The van der Waals surface area contributed by atoms with Crippen LogP contribution in [0.4, 0.5) is 10.6 Å². The Hall–Kier alpha value is -2.34. The van der Waals surface area contributed by atoms with Gasteiger partial charge in [-0.25, -0.2) is 4.79 Å². The summed E-state index contributed by atoms with van der Waals surface area (Å²) in [5, 5.41) is 13.0. The summed E-state index contributed by atoms with van der Waals surface area (Å²) in [4.78, 5) is 14.2. The Labute approximate surface area is 136 Å². The molecule has 3 rings (SSSR count). The Morgan fingerprint density at radius 2 is 2.17 bits per heavy atom. The zero-order valence-electron chi connectivity index (χ0n) is 13.4. The highest BCUT2D eigenvalue weighted by Gasteiger charge is 2.22. The highest BCUT2D eigenvalue weighted by Crippen LogP contribution is 2.24. The second-order valence-corrected chi connectivity index (χ2v) is 5.86. The third kappa shape index (κ3) is 3.90. The fourth-order valence-electron chi connectivity index (χ4n) is 2.84. The van der Waals surface area contributed by atoms with Gasteiger partial charge in [0.25, 0.3) is 0 Å². The molecule has 122 valence electrons. The van der Waals surface area contributed by atoms with Crippen molar-refractivity contribution in [2.75, 3.05) is 18.4 Å². The molecule has 0 saturated carbocycles. The molecule has 1 aromatic carbocycles. The summed E-state index contributed by atoms with van der Waals surface area (Å²) >= 11 is 0. The minimum Gasteiger partial charge on any atom is -0.338 e. The van der Waals surface area contributed by atoms with Crippen molar-refractivity contribution in [2.45, 2.75) is 32.9 Å². The molecule has 2 amide bonds. The number of nitrogens with one attached hydrogen (secondary N) is 3. The Balaban J connectivity index is 1.61. The zero-order valence-corrected chi connectivity index (χ0v) is 13.4. The Morgan fingerprint density at radius 1 is 1.35 bits per heavy atom. The van der Waals surface area contributed by atoms with Crippen LogP contribution < -0.4 is 10.6 Å². The number of anilines is 1. The third-order valence-electron chi connectivity index (χ3n) is 4.03. The molecule has 23 heavy (non-hydrogen) atoms. The molecular weight excluding hydrogens is 290 g/mol. The maximum Gasteiger partial charge on any atom is 0.320 e. The first-order valence-electron chi connectivity index (χ1n) is 8.13. The van der Waals surface area contributed by atoms with Gasteiger partial charge in [-0.2, -0.15) is 5.10 Å². The minimum absolute atomic E-state index is 0.187. The molecule has 2 aromatic rings. The zero-order chi connectivity index (χ0) is 16.1. The molecule has 0 unspecified atom stereocenters. The summed E-state index contributed by atoms with van der Waals surface area (Å²) < 4.78 is 0. The van der Waals surface area contributed by atoms with Gasteiger partial charge >= 0.3 is 6.03 Å². The second kappa shape index (κ2) is 7.28. The van der Waals surface area contributed by atoms with Crippen LogP contribution in [0.2, 0.25) is 0 Å². The molecule has 3 N–H and O–H groups in total. The number of hydrogen-bond donors (Lipinski definition) is 3. The van der Waals surface area contributed by atoms with Crippen LogP contribution in [0.1, 0.15) is 30.2 Å². The number of fused-ring (bicyclic) bond motifs is 1. The van der Waals surface area contributed by atoms with Crippen molar-refractivity contribution in [1.29, 1.82) is 0 Å². The van der Waals surface area contributed by atoms with Gasteiger partial charge in [0.2, 0.25) is 0 Å². The van der Waals surface area contributed by atoms with E-state index in [4.69, 9.17) is 0 Å². The molecule has 0 spiro atoms. The SMILES string of the molecule is CCCNC(=O)Nc1n[nH]c2c1CCN(Cc1ccccc1)C2. The predicted octanol–water partition coefficient (Wildman–Crippen LogP) is 2.50. The first-order chi connectivity index (χ1) is 11.3. The predicted molar refractivity (Wildman–Crippen MR) is 90.2 cm³/mol. The van der Waals surface area contributed by atoms with Gasteiger partial charge in [-0.1, -0.05) is 37.3 Å². The van der Waals surface area contributed by atoms with E-state index in [0.29, 0.717) is 12.4 Å². The van der Waals surface area contributed by atoms with Gasteiger partial charge in [-0.05, 0) is 18.4 Å². The third-order valence-corrected chi connectivity index (χ3v) is 4.03. The summed E-state index contributed by atoms with van der Waals surface area (Å²) in [7, 11) is 0. The van der Waals surface area contributed by atoms with Crippen molar-refractivity contribution in [3.63, 3.8) is 0 Å². The maximum absolute atomic E-state index is 11.8. The molecular formula is C17H23N5O. The van der Waals surface area contributed by atoms with Crippen LogP contribution in [-0.2, 0) is 19.5 Å². The van der Waals surface area contributed by atoms with Gasteiger partial charge in [0.1, 0.15) is 0 Å². The number of aromatic nitrogens is 2. The first-order valence-corrected chi connectivity index (χ1v) is 8.13. The van der Waals surface area contributed by atoms with Crippen molar-refractivity contribution >= 4 is 11.8 Å². The molecule has 2 heterocycles. The number of aromatic amines is 1. The number of amides is 2. The van der Waals surface area contributed by atoms with E-state index in [2.05, 4.69) is 50.0 Å².